The fourth-order valence-corrected chi connectivity index (χ4v) is 3.92. The second-order valence-electron chi connectivity index (χ2n) is 6.63. The molecule has 2 heterocycles. The number of fused-ring (bicyclic) bond motifs is 1. The van der Waals surface area contributed by atoms with Crippen molar-refractivity contribution in [3.8, 4) is 0 Å². The van der Waals surface area contributed by atoms with Gasteiger partial charge in [-0.25, -0.2) is 4.98 Å². The quantitative estimate of drug-likeness (QED) is 0.686. The van der Waals surface area contributed by atoms with Crippen LogP contribution in [-0.2, 0) is 9.53 Å². The molecule has 6 nitrogen and oxygen atoms in total. The van der Waals surface area contributed by atoms with E-state index in [1.165, 1.54) is 17.3 Å². The molecule has 1 aromatic heterocycles. The summed E-state index contributed by atoms with van der Waals surface area (Å²) in [4.78, 5) is 16.9. The van der Waals surface area contributed by atoms with Crippen molar-refractivity contribution in [3.63, 3.8) is 0 Å². The highest BCUT2D eigenvalue weighted by atomic mass is 32.2. The molecular formula is C19H24N2O4S. The third-order valence-corrected chi connectivity index (χ3v) is 5.49. The van der Waals surface area contributed by atoms with E-state index in [1.54, 1.807) is 0 Å². The monoisotopic (exact) mass is 376 g/mol. The summed E-state index contributed by atoms with van der Waals surface area (Å²) in [5.41, 5.74) is 3.25. The van der Waals surface area contributed by atoms with Crippen LogP contribution in [-0.4, -0.2) is 58.3 Å². The van der Waals surface area contributed by atoms with Gasteiger partial charge in [-0.2, -0.15) is 0 Å². The van der Waals surface area contributed by atoms with Gasteiger partial charge < -0.3 is 20.3 Å². The van der Waals surface area contributed by atoms with Gasteiger partial charge in [-0.1, -0.05) is 23.4 Å². The Hall–Kier alpha value is -1.67. The minimum Gasteiger partial charge on any atom is -0.394 e. The van der Waals surface area contributed by atoms with Gasteiger partial charge >= 0.3 is 0 Å². The number of aryl methyl sites for hydroxylation is 2. The summed E-state index contributed by atoms with van der Waals surface area (Å²) in [6.07, 6.45) is -1.01. The van der Waals surface area contributed by atoms with E-state index in [4.69, 9.17) is 4.74 Å². The molecule has 3 atom stereocenters. The summed E-state index contributed by atoms with van der Waals surface area (Å²) in [6, 6.07) is 7.73. The molecule has 2 aromatic rings. The summed E-state index contributed by atoms with van der Waals surface area (Å²) < 4.78 is 5.28. The van der Waals surface area contributed by atoms with E-state index in [0.29, 0.717) is 13.0 Å². The topological polar surface area (TPSA) is 91.7 Å². The highest BCUT2D eigenvalue weighted by molar-refractivity contribution is 7.99. The van der Waals surface area contributed by atoms with Crippen molar-refractivity contribution in [2.75, 3.05) is 19.0 Å². The van der Waals surface area contributed by atoms with Crippen LogP contribution in [0.3, 0.4) is 0 Å². The van der Waals surface area contributed by atoms with E-state index in [2.05, 4.69) is 23.3 Å². The molecule has 7 heteroatoms. The lowest BCUT2D eigenvalue weighted by Crippen LogP contribution is -2.54. The summed E-state index contributed by atoms with van der Waals surface area (Å²) in [5.74, 6) is 0.0543. The van der Waals surface area contributed by atoms with Gasteiger partial charge in [-0.05, 0) is 44.0 Å². The average molecular weight is 376 g/mol. The number of carbonyl (C=O) groups is 1. The van der Waals surface area contributed by atoms with Crippen LogP contribution in [0.4, 0.5) is 0 Å². The van der Waals surface area contributed by atoms with Crippen LogP contribution in [0.5, 0.6) is 0 Å². The zero-order valence-corrected chi connectivity index (χ0v) is 15.8. The fraction of sp³-hybridized carbons (Fsp3) is 0.474. The lowest BCUT2D eigenvalue weighted by molar-refractivity contribution is -0.129. The molecular weight excluding hydrogens is 352 g/mol. The van der Waals surface area contributed by atoms with Crippen LogP contribution in [0.2, 0.25) is 0 Å². The summed E-state index contributed by atoms with van der Waals surface area (Å²) >= 11 is 1.37. The number of carbonyl (C=O) groups excluding carboxylic acids is 1. The first-order valence-electron chi connectivity index (χ1n) is 8.68. The number of aliphatic hydroxyl groups is 2. The first-order valence-corrected chi connectivity index (χ1v) is 9.67. The second-order valence-corrected chi connectivity index (χ2v) is 7.63. The standard InChI is InChI=1S/C19H24N2O4S/c1-11-3-4-14-13(7-11)12(2)8-18(21-14)26-10-17(23)20-15-5-6-25-16(9-22)19(15)24/h3-4,7-8,15-16,19,22,24H,5-6,9-10H2,1-2H3,(H,20,23)/t15-,16+,19-/m0/s1. The summed E-state index contributed by atoms with van der Waals surface area (Å²) in [5, 5.41) is 24.1. The normalized spacial score (nSPS) is 23.2. The van der Waals surface area contributed by atoms with Crippen molar-refractivity contribution >= 4 is 28.6 Å². The van der Waals surface area contributed by atoms with Gasteiger partial charge in [0.2, 0.25) is 5.91 Å². The number of pyridine rings is 1. The minimum absolute atomic E-state index is 0.166. The molecule has 1 amide bonds. The number of rotatable bonds is 5. The van der Waals surface area contributed by atoms with Crippen LogP contribution >= 0.6 is 11.8 Å². The van der Waals surface area contributed by atoms with Crippen molar-refractivity contribution in [2.24, 2.45) is 0 Å². The zero-order chi connectivity index (χ0) is 18.7. The first kappa shape index (κ1) is 19.1. The van der Waals surface area contributed by atoms with Crippen LogP contribution in [0.1, 0.15) is 17.5 Å². The average Bonchev–Trinajstić information content (AvgIpc) is 2.62. The Morgan fingerprint density at radius 2 is 2.19 bits per heavy atom. The molecule has 0 unspecified atom stereocenters. The Balaban J connectivity index is 1.61. The number of aromatic nitrogens is 1. The Morgan fingerprint density at radius 3 is 2.96 bits per heavy atom. The smallest absolute Gasteiger partial charge is 0.230 e. The molecule has 0 radical (unpaired) electrons. The minimum atomic E-state index is -0.896. The van der Waals surface area contributed by atoms with Gasteiger partial charge in [-0.3, -0.25) is 4.79 Å². The van der Waals surface area contributed by atoms with Gasteiger partial charge in [0.1, 0.15) is 12.2 Å². The van der Waals surface area contributed by atoms with Crippen molar-refractivity contribution in [2.45, 2.75) is 43.5 Å². The van der Waals surface area contributed by atoms with Gasteiger partial charge in [-0.15, -0.1) is 0 Å². The van der Waals surface area contributed by atoms with Crippen molar-refractivity contribution in [1.82, 2.24) is 10.3 Å². The fourth-order valence-electron chi connectivity index (χ4n) is 3.13. The van der Waals surface area contributed by atoms with Crippen LogP contribution in [0, 0.1) is 13.8 Å². The molecule has 26 heavy (non-hydrogen) atoms. The van der Waals surface area contributed by atoms with E-state index in [0.717, 1.165) is 21.5 Å². The Morgan fingerprint density at radius 1 is 1.38 bits per heavy atom. The third-order valence-electron chi connectivity index (χ3n) is 4.58. The predicted octanol–water partition coefficient (Wildman–Crippen LogP) is 1.57. The number of benzene rings is 1. The maximum atomic E-state index is 12.2. The molecule has 1 aromatic carbocycles. The third kappa shape index (κ3) is 4.35. The van der Waals surface area contributed by atoms with E-state index < -0.39 is 18.2 Å². The Bertz CT molecular complexity index is 798. The van der Waals surface area contributed by atoms with Crippen LogP contribution in [0.15, 0.2) is 29.3 Å². The number of aliphatic hydroxyl groups excluding tert-OH is 2. The molecule has 3 rings (SSSR count). The molecule has 1 fully saturated rings. The Labute approximate surface area is 157 Å². The van der Waals surface area contributed by atoms with Gasteiger partial charge in [0.15, 0.2) is 0 Å². The maximum absolute atomic E-state index is 12.2. The number of hydrogen-bond donors (Lipinski definition) is 3. The van der Waals surface area contributed by atoms with Gasteiger partial charge in [0.05, 0.1) is 28.9 Å². The highest BCUT2D eigenvalue weighted by Crippen LogP contribution is 2.24. The molecule has 0 aliphatic carbocycles. The summed E-state index contributed by atoms with van der Waals surface area (Å²) in [7, 11) is 0. The number of amides is 1. The number of nitrogens with one attached hydrogen (secondary N) is 1. The number of nitrogens with zero attached hydrogens (tertiary/aromatic N) is 1. The molecule has 0 bridgehead atoms. The van der Waals surface area contributed by atoms with Gasteiger partial charge in [0, 0.05) is 12.0 Å². The summed E-state index contributed by atoms with van der Waals surface area (Å²) in [6.45, 7) is 4.24. The van der Waals surface area contributed by atoms with E-state index in [-0.39, 0.29) is 18.3 Å². The molecule has 3 N–H and O–H groups in total. The van der Waals surface area contributed by atoms with Crippen LogP contribution in [0.25, 0.3) is 10.9 Å². The SMILES string of the molecule is Cc1ccc2nc(SCC(=O)N[C@H]3CCO[C@H](CO)[C@H]3O)cc(C)c2c1. The first-order chi connectivity index (χ1) is 12.5. The van der Waals surface area contributed by atoms with Crippen molar-refractivity contribution < 1.29 is 19.7 Å². The maximum Gasteiger partial charge on any atom is 0.230 e. The van der Waals surface area contributed by atoms with E-state index in [1.807, 2.05) is 25.1 Å². The molecule has 1 aliphatic rings. The van der Waals surface area contributed by atoms with Crippen molar-refractivity contribution in [3.05, 3.63) is 35.4 Å². The Kier molecular flexibility index (Phi) is 6.13. The van der Waals surface area contributed by atoms with E-state index in [9.17, 15) is 15.0 Å². The molecule has 0 spiro atoms. The largest absolute Gasteiger partial charge is 0.394 e. The molecule has 0 saturated carbocycles. The highest BCUT2D eigenvalue weighted by Gasteiger charge is 2.33. The molecule has 1 aliphatic heterocycles. The number of hydrogen-bond acceptors (Lipinski definition) is 6. The molecule has 140 valence electrons. The van der Waals surface area contributed by atoms with Gasteiger partial charge in [0.25, 0.3) is 0 Å². The lowest BCUT2D eigenvalue weighted by atomic mass is 10.00. The lowest BCUT2D eigenvalue weighted by Gasteiger charge is -2.34. The number of ether oxygens (including phenoxy) is 1. The van der Waals surface area contributed by atoms with Crippen molar-refractivity contribution in [1.29, 1.82) is 0 Å². The second kappa shape index (κ2) is 8.35. The number of thioether (sulfide) groups is 1. The molecule has 1 saturated heterocycles. The van der Waals surface area contributed by atoms with Crippen LogP contribution < -0.4 is 5.32 Å². The van der Waals surface area contributed by atoms with E-state index >= 15 is 0 Å². The predicted molar refractivity (Wildman–Crippen MR) is 101 cm³/mol. The zero-order valence-electron chi connectivity index (χ0n) is 14.9.